The van der Waals surface area contributed by atoms with E-state index in [-0.39, 0.29) is 51.2 Å². The van der Waals surface area contributed by atoms with Gasteiger partial charge in [0, 0.05) is 24.7 Å². The maximum Gasteiger partial charge on any atom is 0.302 e. The van der Waals surface area contributed by atoms with E-state index in [1.807, 2.05) is 0 Å². The molecule has 4 heteroatoms. The lowest BCUT2D eigenvalue weighted by atomic mass is 9.31. The van der Waals surface area contributed by atoms with Gasteiger partial charge in [-0.25, -0.2) is 0 Å². The van der Waals surface area contributed by atoms with Gasteiger partial charge in [0.05, 0.1) is 0 Å². The number of carbonyl (C=O) groups is 2. The maximum atomic E-state index is 12.4. The van der Waals surface area contributed by atoms with Gasteiger partial charge >= 0.3 is 11.9 Å². The fourth-order valence-corrected chi connectivity index (χ4v) is 12.0. The number of esters is 2. The molecule has 0 heterocycles. The number of ether oxygens (including phenoxy) is 2. The van der Waals surface area contributed by atoms with Gasteiger partial charge in [-0.3, -0.25) is 9.59 Å². The summed E-state index contributed by atoms with van der Waals surface area (Å²) in [4.78, 5) is 24.4. The van der Waals surface area contributed by atoms with Crippen LogP contribution in [0, 0.1) is 56.7 Å². The van der Waals surface area contributed by atoms with Gasteiger partial charge in [-0.05, 0) is 104 Å². The highest BCUT2D eigenvalue weighted by molar-refractivity contribution is 5.66. The van der Waals surface area contributed by atoms with E-state index in [4.69, 9.17) is 9.47 Å². The first-order valence-corrected chi connectivity index (χ1v) is 15.5. The summed E-state index contributed by atoms with van der Waals surface area (Å²) in [5, 5.41) is 0. The van der Waals surface area contributed by atoms with Crippen molar-refractivity contribution in [1.82, 2.24) is 0 Å². The highest BCUT2D eigenvalue weighted by Gasteiger charge is 2.71. The summed E-state index contributed by atoms with van der Waals surface area (Å²) < 4.78 is 12.2. The quantitative estimate of drug-likeness (QED) is 0.269. The Kier molecular flexibility index (Phi) is 6.56. The Balaban J connectivity index is 1.56. The molecule has 38 heavy (non-hydrogen) atoms. The molecule has 5 aliphatic carbocycles. The molecule has 0 N–H and O–H groups in total. The molecule has 11 atom stereocenters. The van der Waals surface area contributed by atoms with Crippen LogP contribution in [-0.4, -0.2) is 24.1 Å². The predicted molar refractivity (Wildman–Crippen MR) is 151 cm³/mol. The summed E-state index contributed by atoms with van der Waals surface area (Å²) in [5.74, 6) is 2.60. The molecule has 0 amide bonds. The summed E-state index contributed by atoms with van der Waals surface area (Å²) in [6.45, 7) is 22.9. The van der Waals surface area contributed by atoms with Crippen LogP contribution in [0.3, 0.4) is 0 Å². The Labute approximate surface area is 232 Å². The smallest absolute Gasteiger partial charge is 0.302 e. The van der Waals surface area contributed by atoms with Crippen molar-refractivity contribution in [3.8, 4) is 0 Å². The van der Waals surface area contributed by atoms with Gasteiger partial charge in [-0.1, -0.05) is 60.1 Å². The van der Waals surface area contributed by atoms with Gasteiger partial charge in [-0.2, -0.15) is 0 Å². The molecule has 0 spiro atoms. The van der Waals surface area contributed by atoms with Gasteiger partial charge in [0.2, 0.25) is 0 Å². The lowest BCUT2D eigenvalue weighted by Gasteiger charge is -2.74. The second-order valence-corrected chi connectivity index (χ2v) is 15.9. The maximum absolute atomic E-state index is 12.4. The molecule has 0 unspecified atom stereocenters. The number of hydrogen-bond acceptors (Lipinski definition) is 4. The van der Waals surface area contributed by atoms with Crippen LogP contribution in [0.25, 0.3) is 0 Å². The van der Waals surface area contributed by atoms with Crippen LogP contribution in [0.1, 0.15) is 121 Å². The molecule has 5 aliphatic rings. The zero-order valence-electron chi connectivity index (χ0n) is 25.9. The largest absolute Gasteiger partial charge is 0.462 e. The standard InChI is InChI=1S/C34H54O4/c1-20-13-16-32(8)28(38-23(4)36)19-34(10)24(29(32)21(20)2)11-12-26-31(7)17-15-27(37-22(3)35)30(5,6)25(31)14-18-33(26,34)9/h13,21,24-29H,11-12,14-19H2,1-10H3/t21-,24-,25+,26-,27+,28-,29-,31+,32-,33-,34-/m1/s1. The molecule has 4 saturated carbocycles. The summed E-state index contributed by atoms with van der Waals surface area (Å²) in [6, 6.07) is 0. The topological polar surface area (TPSA) is 52.6 Å². The second kappa shape index (κ2) is 8.84. The Morgan fingerprint density at radius 3 is 2.05 bits per heavy atom. The summed E-state index contributed by atoms with van der Waals surface area (Å²) in [7, 11) is 0. The lowest BCUT2D eigenvalue weighted by molar-refractivity contribution is -0.270. The van der Waals surface area contributed by atoms with Crippen LogP contribution in [0.15, 0.2) is 11.6 Å². The molecule has 214 valence electrons. The van der Waals surface area contributed by atoms with E-state index in [1.54, 1.807) is 13.8 Å². The lowest BCUT2D eigenvalue weighted by Crippen LogP contribution is -2.69. The highest BCUT2D eigenvalue weighted by Crippen LogP contribution is 2.77. The zero-order valence-corrected chi connectivity index (χ0v) is 25.9. The summed E-state index contributed by atoms with van der Waals surface area (Å²) in [6.07, 6.45) is 11.5. The second-order valence-electron chi connectivity index (χ2n) is 15.9. The number of allylic oxidation sites excluding steroid dienone is 2. The highest BCUT2D eigenvalue weighted by atomic mass is 16.5. The minimum atomic E-state index is -0.145. The molecular formula is C34H54O4. The van der Waals surface area contributed by atoms with Crippen molar-refractivity contribution in [3.05, 3.63) is 11.6 Å². The molecule has 0 aromatic carbocycles. The third-order valence-electron chi connectivity index (χ3n) is 14.2. The fraction of sp³-hybridized carbons (Fsp3) is 0.882. The Morgan fingerprint density at radius 2 is 1.42 bits per heavy atom. The minimum Gasteiger partial charge on any atom is -0.462 e. The van der Waals surface area contributed by atoms with Crippen molar-refractivity contribution in [2.24, 2.45) is 56.7 Å². The van der Waals surface area contributed by atoms with Gasteiger partial charge in [-0.15, -0.1) is 0 Å². The number of carbonyl (C=O) groups excluding carboxylic acids is 2. The average molecular weight is 527 g/mol. The van der Waals surface area contributed by atoms with Gasteiger partial charge in [0.15, 0.2) is 0 Å². The van der Waals surface area contributed by atoms with E-state index in [1.165, 1.54) is 31.3 Å². The summed E-state index contributed by atoms with van der Waals surface area (Å²) in [5.41, 5.74) is 2.04. The van der Waals surface area contributed by atoms with Crippen LogP contribution < -0.4 is 0 Å². The first-order chi connectivity index (χ1) is 17.5. The fourth-order valence-electron chi connectivity index (χ4n) is 12.0. The Morgan fingerprint density at radius 1 is 0.789 bits per heavy atom. The number of hydrogen-bond donors (Lipinski definition) is 0. The van der Waals surface area contributed by atoms with Crippen LogP contribution >= 0.6 is 0 Å². The van der Waals surface area contributed by atoms with Crippen LogP contribution in [0.5, 0.6) is 0 Å². The van der Waals surface area contributed by atoms with Gasteiger partial charge < -0.3 is 9.47 Å². The molecule has 4 nitrogen and oxygen atoms in total. The van der Waals surface area contributed by atoms with Crippen molar-refractivity contribution < 1.29 is 19.1 Å². The van der Waals surface area contributed by atoms with E-state index in [2.05, 4.69) is 61.5 Å². The van der Waals surface area contributed by atoms with E-state index in [9.17, 15) is 9.59 Å². The molecule has 0 aromatic rings. The van der Waals surface area contributed by atoms with Crippen LogP contribution in [-0.2, 0) is 19.1 Å². The SMILES string of the molecule is CC(=O)O[C@H]1CC[C@]2(C)[C@H]3CC[C@@H]4[C@H]5[C@H](C)C(C)=CC[C@]5(C)[C@H](OC(C)=O)C[C@@]4(C)[C@]3(C)CC[C@H]2C1(C)C. The first-order valence-electron chi connectivity index (χ1n) is 15.5. The van der Waals surface area contributed by atoms with Crippen molar-refractivity contribution in [1.29, 1.82) is 0 Å². The average Bonchev–Trinajstić information content (AvgIpc) is 2.79. The molecule has 0 aromatic heterocycles. The molecular weight excluding hydrogens is 472 g/mol. The Bertz CT molecular complexity index is 1030. The van der Waals surface area contributed by atoms with Crippen molar-refractivity contribution in [3.63, 3.8) is 0 Å². The van der Waals surface area contributed by atoms with Crippen molar-refractivity contribution in [2.45, 2.75) is 133 Å². The number of rotatable bonds is 2. The molecule has 0 radical (unpaired) electrons. The van der Waals surface area contributed by atoms with Crippen LogP contribution in [0.2, 0.25) is 0 Å². The monoisotopic (exact) mass is 526 g/mol. The minimum absolute atomic E-state index is 0.00313. The molecule has 0 saturated heterocycles. The number of fused-ring (bicyclic) bond motifs is 7. The molecule has 5 rings (SSSR count). The third-order valence-corrected chi connectivity index (χ3v) is 14.2. The van der Waals surface area contributed by atoms with E-state index in [0.29, 0.717) is 29.6 Å². The zero-order chi connectivity index (χ0) is 28.1. The van der Waals surface area contributed by atoms with E-state index in [0.717, 1.165) is 25.7 Å². The normalized spacial score (nSPS) is 51.3. The Hall–Kier alpha value is -1.32. The van der Waals surface area contributed by atoms with E-state index < -0.39 is 0 Å². The third kappa shape index (κ3) is 3.66. The van der Waals surface area contributed by atoms with Gasteiger partial charge in [0.1, 0.15) is 12.2 Å². The molecule has 0 aliphatic heterocycles. The molecule has 0 bridgehead atoms. The molecule has 4 fully saturated rings. The van der Waals surface area contributed by atoms with Crippen molar-refractivity contribution in [2.75, 3.05) is 0 Å². The summed E-state index contributed by atoms with van der Waals surface area (Å²) >= 11 is 0. The first kappa shape index (κ1) is 28.2. The van der Waals surface area contributed by atoms with E-state index >= 15 is 0 Å². The predicted octanol–water partition coefficient (Wildman–Crippen LogP) is 8.14. The van der Waals surface area contributed by atoms with Crippen molar-refractivity contribution >= 4 is 11.9 Å². The van der Waals surface area contributed by atoms with Gasteiger partial charge in [0.25, 0.3) is 0 Å². The van der Waals surface area contributed by atoms with Crippen LogP contribution in [0.4, 0.5) is 0 Å².